The number of hydrogen-bond acceptors (Lipinski definition) is 6. The summed E-state index contributed by atoms with van der Waals surface area (Å²) in [5.41, 5.74) is 8.36. The van der Waals surface area contributed by atoms with Gasteiger partial charge in [-0.15, -0.1) is 0 Å². The third kappa shape index (κ3) is 3.46. The van der Waals surface area contributed by atoms with Gasteiger partial charge in [0.2, 0.25) is 0 Å². The van der Waals surface area contributed by atoms with E-state index in [0.29, 0.717) is 17.7 Å². The van der Waals surface area contributed by atoms with E-state index in [1.807, 2.05) is 31.1 Å². The molecule has 0 aliphatic heterocycles. The lowest BCUT2D eigenvalue weighted by Crippen LogP contribution is -2.17. The molecule has 2 aromatic heterocycles. The number of pyridine rings is 2. The molecule has 0 aliphatic rings. The maximum Gasteiger partial charge on any atom is 0.258 e. The molecule has 0 unspecified atom stereocenters. The summed E-state index contributed by atoms with van der Waals surface area (Å²) in [5.74, 6) is 1.76. The maximum absolute atomic E-state index is 12.5. The van der Waals surface area contributed by atoms with Crippen molar-refractivity contribution in [3.05, 3.63) is 46.5 Å². The van der Waals surface area contributed by atoms with Crippen molar-refractivity contribution in [2.24, 2.45) is 7.05 Å². The minimum absolute atomic E-state index is 0.119. The predicted molar refractivity (Wildman–Crippen MR) is 107 cm³/mol. The number of nitrogens with two attached hydrogens (primary N) is 1. The lowest BCUT2D eigenvalue weighted by atomic mass is 9.99. The average molecular weight is 368 g/mol. The van der Waals surface area contributed by atoms with Crippen LogP contribution in [0, 0.1) is 0 Å². The third-order valence-corrected chi connectivity index (χ3v) is 4.48. The molecule has 1 aromatic carbocycles. The van der Waals surface area contributed by atoms with Gasteiger partial charge in [0.25, 0.3) is 5.56 Å². The second kappa shape index (κ2) is 7.28. The van der Waals surface area contributed by atoms with E-state index in [1.165, 1.54) is 0 Å². The van der Waals surface area contributed by atoms with Crippen LogP contribution in [0.2, 0.25) is 0 Å². The zero-order valence-corrected chi connectivity index (χ0v) is 16.2. The summed E-state index contributed by atoms with van der Waals surface area (Å²) < 4.78 is 12.8. The molecule has 27 heavy (non-hydrogen) atoms. The summed E-state index contributed by atoms with van der Waals surface area (Å²) in [5, 5.41) is 1.26. The standard InChI is InChI=1S/C20H24N4O3/c1-23(2)10-16-17(26-4)6-12(7-18(16)27-5)15-11-24(3)20(25)13-8-19(21)22-9-14(13)15/h6-9,11H,10H2,1-5H3,(H2,21,22). The first kappa shape index (κ1) is 18.7. The van der Waals surface area contributed by atoms with Gasteiger partial charge in [-0.05, 0) is 37.9 Å². The summed E-state index contributed by atoms with van der Waals surface area (Å²) in [6.45, 7) is 0.679. The largest absolute Gasteiger partial charge is 0.496 e. The quantitative estimate of drug-likeness (QED) is 0.744. The summed E-state index contributed by atoms with van der Waals surface area (Å²) in [7, 11) is 8.97. The Bertz CT molecular complexity index is 1030. The molecule has 2 N–H and O–H groups in total. The number of benzene rings is 1. The Morgan fingerprint density at radius 3 is 2.30 bits per heavy atom. The fourth-order valence-electron chi connectivity index (χ4n) is 3.22. The lowest BCUT2D eigenvalue weighted by Gasteiger charge is -2.19. The molecule has 0 aliphatic carbocycles. The van der Waals surface area contributed by atoms with E-state index in [2.05, 4.69) is 4.98 Å². The molecule has 2 heterocycles. The fraction of sp³-hybridized carbons (Fsp3) is 0.300. The number of methoxy groups -OCH3 is 2. The number of nitrogen functional groups attached to an aromatic ring is 1. The lowest BCUT2D eigenvalue weighted by molar-refractivity contribution is 0.349. The molecule has 0 amide bonds. The fourth-order valence-corrected chi connectivity index (χ4v) is 3.22. The van der Waals surface area contributed by atoms with Crippen molar-refractivity contribution in [2.45, 2.75) is 6.54 Å². The number of aryl methyl sites for hydroxylation is 1. The number of hydrogen-bond donors (Lipinski definition) is 1. The molecule has 3 aromatic rings. The topological polar surface area (TPSA) is 82.6 Å². The normalized spacial score (nSPS) is 11.2. The zero-order valence-electron chi connectivity index (χ0n) is 16.2. The molecule has 142 valence electrons. The second-order valence-corrected chi connectivity index (χ2v) is 6.71. The van der Waals surface area contributed by atoms with Gasteiger partial charge in [-0.25, -0.2) is 4.98 Å². The predicted octanol–water partition coefficient (Wildman–Crippen LogP) is 2.26. The zero-order chi connectivity index (χ0) is 19.7. The van der Waals surface area contributed by atoms with Crippen molar-refractivity contribution in [3.63, 3.8) is 0 Å². The van der Waals surface area contributed by atoms with Crippen LogP contribution in [0.1, 0.15) is 5.56 Å². The van der Waals surface area contributed by atoms with Crippen LogP contribution in [0.4, 0.5) is 5.82 Å². The smallest absolute Gasteiger partial charge is 0.258 e. The SMILES string of the molecule is COc1cc(-c2cn(C)c(=O)c3cc(N)ncc23)cc(OC)c1CN(C)C. The second-order valence-electron chi connectivity index (χ2n) is 6.71. The highest BCUT2D eigenvalue weighted by molar-refractivity contribution is 5.96. The molecule has 0 radical (unpaired) electrons. The number of ether oxygens (including phenoxy) is 2. The van der Waals surface area contributed by atoms with E-state index >= 15 is 0 Å². The van der Waals surface area contributed by atoms with Crippen molar-refractivity contribution in [3.8, 4) is 22.6 Å². The van der Waals surface area contributed by atoms with Crippen LogP contribution in [0.5, 0.6) is 11.5 Å². The van der Waals surface area contributed by atoms with Crippen LogP contribution < -0.4 is 20.8 Å². The molecule has 3 rings (SSSR count). The van der Waals surface area contributed by atoms with Crippen LogP contribution in [-0.2, 0) is 13.6 Å². The van der Waals surface area contributed by atoms with Gasteiger partial charge >= 0.3 is 0 Å². The number of aromatic nitrogens is 2. The first-order valence-electron chi connectivity index (χ1n) is 8.50. The van der Waals surface area contributed by atoms with E-state index in [4.69, 9.17) is 15.2 Å². The van der Waals surface area contributed by atoms with Gasteiger partial charge in [-0.2, -0.15) is 0 Å². The van der Waals surface area contributed by atoms with E-state index < -0.39 is 0 Å². The molecule has 0 saturated heterocycles. The highest BCUT2D eigenvalue weighted by Gasteiger charge is 2.17. The van der Waals surface area contributed by atoms with Crippen LogP contribution in [0.3, 0.4) is 0 Å². The number of rotatable bonds is 5. The van der Waals surface area contributed by atoms with Crippen LogP contribution in [0.25, 0.3) is 21.9 Å². The molecular weight excluding hydrogens is 344 g/mol. The molecule has 0 fully saturated rings. The third-order valence-electron chi connectivity index (χ3n) is 4.48. The number of nitrogens with zero attached hydrogens (tertiary/aromatic N) is 3. The Kier molecular flexibility index (Phi) is 5.05. The van der Waals surface area contributed by atoms with Gasteiger partial charge in [0.1, 0.15) is 17.3 Å². The summed E-state index contributed by atoms with van der Waals surface area (Å²) >= 11 is 0. The van der Waals surface area contributed by atoms with Gasteiger partial charge in [0, 0.05) is 36.9 Å². The van der Waals surface area contributed by atoms with E-state index in [9.17, 15) is 4.79 Å². The molecular formula is C20H24N4O3. The minimum Gasteiger partial charge on any atom is -0.496 e. The number of fused-ring (bicyclic) bond motifs is 1. The maximum atomic E-state index is 12.5. The van der Waals surface area contributed by atoms with Crippen LogP contribution in [-0.4, -0.2) is 42.8 Å². The highest BCUT2D eigenvalue weighted by Crippen LogP contribution is 2.37. The molecule has 7 heteroatoms. The first-order chi connectivity index (χ1) is 12.8. The first-order valence-corrected chi connectivity index (χ1v) is 8.50. The van der Waals surface area contributed by atoms with Gasteiger partial charge in [-0.3, -0.25) is 4.79 Å². The van der Waals surface area contributed by atoms with E-state index in [-0.39, 0.29) is 5.56 Å². The molecule has 7 nitrogen and oxygen atoms in total. The average Bonchev–Trinajstić information content (AvgIpc) is 2.64. The summed E-state index contributed by atoms with van der Waals surface area (Å²) in [6, 6.07) is 5.52. The minimum atomic E-state index is -0.119. The van der Waals surface area contributed by atoms with Crippen LogP contribution >= 0.6 is 0 Å². The molecule has 0 atom stereocenters. The molecule has 0 bridgehead atoms. The van der Waals surface area contributed by atoms with E-state index in [0.717, 1.165) is 33.6 Å². The Balaban J connectivity index is 2.31. The Morgan fingerprint density at radius 1 is 1.11 bits per heavy atom. The van der Waals surface area contributed by atoms with E-state index in [1.54, 1.807) is 44.3 Å². The molecule has 0 spiro atoms. The Morgan fingerprint density at radius 2 is 1.74 bits per heavy atom. The van der Waals surface area contributed by atoms with Crippen molar-refractivity contribution in [2.75, 3.05) is 34.0 Å². The Hall–Kier alpha value is -3.06. The number of anilines is 1. The van der Waals surface area contributed by atoms with Gasteiger partial charge in [-0.1, -0.05) is 0 Å². The van der Waals surface area contributed by atoms with Crippen molar-refractivity contribution in [1.82, 2.24) is 14.5 Å². The van der Waals surface area contributed by atoms with Crippen molar-refractivity contribution in [1.29, 1.82) is 0 Å². The molecule has 0 saturated carbocycles. The summed E-state index contributed by atoms with van der Waals surface area (Å²) in [6.07, 6.45) is 3.43. The van der Waals surface area contributed by atoms with Gasteiger partial charge < -0.3 is 24.7 Å². The highest BCUT2D eigenvalue weighted by atomic mass is 16.5. The van der Waals surface area contributed by atoms with Gasteiger partial charge in [0.05, 0.1) is 25.2 Å². The summed E-state index contributed by atoms with van der Waals surface area (Å²) in [4.78, 5) is 18.7. The van der Waals surface area contributed by atoms with Crippen molar-refractivity contribution >= 4 is 16.6 Å². The van der Waals surface area contributed by atoms with Crippen molar-refractivity contribution < 1.29 is 9.47 Å². The van der Waals surface area contributed by atoms with Gasteiger partial charge in [0.15, 0.2) is 0 Å². The monoisotopic (exact) mass is 368 g/mol. The Labute approximate surface area is 157 Å². The van der Waals surface area contributed by atoms with Crippen LogP contribution in [0.15, 0.2) is 35.4 Å².